The molecule has 3 rings (SSSR count). The normalized spacial score (nSPS) is 14.7. The predicted molar refractivity (Wildman–Crippen MR) is 63.8 cm³/mol. The van der Waals surface area contributed by atoms with Crippen LogP contribution in [0.5, 0.6) is 0 Å². The maximum absolute atomic E-state index is 3.51. The van der Waals surface area contributed by atoms with Crippen molar-refractivity contribution < 1.29 is 0 Å². The number of benzene rings is 1. The van der Waals surface area contributed by atoms with E-state index in [1.807, 2.05) is 11.7 Å². The van der Waals surface area contributed by atoms with Crippen LogP contribution in [0, 0.1) is 0 Å². The van der Waals surface area contributed by atoms with E-state index >= 15 is 0 Å². The molecule has 4 heteroatoms. The first-order valence-corrected chi connectivity index (χ1v) is 5.75. The minimum Gasteiger partial charge on any atom is -0.347 e. The van der Waals surface area contributed by atoms with Crippen molar-refractivity contribution in [1.29, 1.82) is 0 Å². The first-order chi connectivity index (χ1) is 7.22. The number of anilines is 1. The van der Waals surface area contributed by atoms with Crippen molar-refractivity contribution in [3.05, 3.63) is 40.0 Å². The molecule has 1 N–H and O–H groups in total. The highest BCUT2D eigenvalue weighted by molar-refractivity contribution is 9.10. The van der Waals surface area contributed by atoms with E-state index in [1.165, 1.54) is 16.9 Å². The van der Waals surface area contributed by atoms with Crippen LogP contribution in [0.4, 0.5) is 5.82 Å². The fourth-order valence-electron chi connectivity index (χ4n) is 2.04. The average molecular weight is 266 g/mol. The summed E-state index contributed by atoms with van der Waals surface area (Å²) in [6.45, 7) is 2.01. The van der Waals surface area contributed by atoms with E-state index < -0.39 is 0 Å². The van der Waals surface area contributed by atoms with Gasteiger partial charge in [-0.2, -0.15) is 0 Å². The molecule has 1 aliphatic heterocycles. The number of H-pyrrole nitrogens is 1. The Kier molecular flexibility index (Phi) is 1.92. The molecule has 1 aliphatic rings. The molecule has 3 nitrogen and oxygen atoms in total. The lowest BCUT2D eigenvalue weighted by Crippen LogP contribution is -2.21. The summed E-state index contributed by atoms with van der Waals surface area (Å²) >= 11 is 3.51. The molecule has 1 aromatic carbocycles. The molecule has 0 saturated carbocycles. The van der Waals surface area contributed by atoms with Crippen molar-refractivity contribution in [1.82, 2.24) is 9.78 Å². The minimum absolute atomic E-state index is 1.00. The molecule has 0 saturated heterocycles. The third-order valence-electron chi connectivity index (χ3n) is 2.84. The molecule has 0 bridgehead atoms. The van der Waals surface area contributed by atoms with Crippen LogP contribution >= 0.6 is 15.9 Å². The molecular weight excluding hydrogens is 254 g/mol. The highest BCUT2D eigenvalue weighted by Crippen LogP contribution is 2.29. The molecule has 0 radical (unpaired) electrons. The molecule has 1 aromatic heterocycles. The van der Waals surface area contributed by atoms with Gasteiger partial charge >= 0.3 is 0 Å². The molecule has 0 unspecified atom stereocenters. The van der Waals surface area contributed by atoms with Crippen molar-refractivity contribution in [2.75, 3.05) is 4.90 Å². The highest BCUT2D eigenvalue weighted by Gasteiger charge is 2.20. The standard InChI is InChI=1S/C11H12BrN3/c1-14-7-11(13-14)15-5-8-2-3-10(12)4-9(8)6-15/h2-4,7,13H,5-6H2,1H3. The number of rotatable bonds is 1. The number of nitrogens with zero attached hydrogens (tertiary/aromatic N) is 2. The van der Waals surface area contributed by atoms with Gasteiger partial charge in [-0.05, 0) is 23.3 Å². The Bertz CT molecular complexity index is 486. The zero-order chi connectivity index (χ0) is 10.4. The second kappa shape index (κ2) is 3.17. The van der Waals surface area contributed by atoms with Crippen LogP contribution < -0.4 is 4.90 Å². The first kappa shape index (κ1) is 9.09. The SMILES string of the molecule is Cn1cc(N2Cc3ccc(Br)cc3C2)[nH]1. The van der Waals surface area contributed by atoms with Gasteiger partial charge in [-0.1, -0.05) is 22.0 Å². The lowest BCUT2D eigenvalue weighted by atomic mass is 10.1. The molecule has 15 heavy (non-hydrogen) atoms. The second-order valence-corrected chi connectivity index (χ2v) is 4.92. The van der Waals surface area contributed by atoms with Crippen LogP contribution in [0.1, 0.15) is 11.1 Å². The van der Waals surface area contributed by atoms with E-state index in [4.69, 9.17) is 0 Å². The number of aromatic nitrogens is 2. The Morgan fingerprint density at radius 2 is 2.00 bits per heavy atom. The number of hydrogen-bond acceptors (Lipinski definition) is 1. The van der Waals surface area contributed by atoms with Crippen LogP contribution in [0.15, 0.2) is 28.9 Å². The van der Waals surface area contributed by atoms with Crippen molar-refractivity contribution in [2.24, 2.45) is 7.05 Å². The van der Waals surface area contributed by atoms with Crippen molar-refractivity contribution >= 4 is 21.7 Å². The van der Waals surface area contributed by atoms with E-state index in [1.54, 1.807) is 0 Å². The van der Waals surface area contributed by atoms with Crippen LogP contribution in [-0.4, -0.2) is 9.78 Å². The summed E-state index contributed by atoms with van der Waals surface area (Å²) in [5.74, 6) is 1.21. The molecule has 2 aromatic rings. The van der Waals surface area contributed by atoms with Crippen molar-refractivity contribution in [2.45, 2.75) is 13.1 Å². The summed E-state index contributed by atoms with van der Waals surface area (Å²) in [5.41, 5.74) is 2.84. The Labute approximate surface area is 96.8 Å². The molecule has 78 valence electrons. The lowest BCUT2D eigenvalue weighted by Gasteiger charge is -2.22. The van der Waals surface area contributed by atoms with E-state index in [-0.39, 0.29) is 0 Å². The summed E-state index contributed by atoms with van der Waals surface area (Å²) < 4.78 is 3.13. The number of hydrogen-bond donors (Lipinski definition) is 1. The monoisotopic (exact) mass is 265 g/mol. The summed E-state index contributed by atoms with van der Waals surface area (Å²) in [5, 5.41) is 3.24. The lowest BCUT2D eigenvalue weighted by molar-refractivity contribution is 0.659. The zero-order valence-electron chi connectivity index (χ0n) is 8.50. The molecule has 0 atom stereocenters. The zero-order valence-corrected chi connectivity index (χ0v) is 10.1. The molecule has 0 spiro atoms. The molecule has 0 fully saturated rings. The molecule has 0 aliphatic carbocycles. The summed E-state index contributed by atoms with van der Waals surface area (Å²) in [6.07, 6.45) is 2.11. The van der Waals surface area contributed by atoms with E-state index in [9.17, 15) is 0 Å². The van der Waals surface area contributed by atoms with Gasteiger partial charge in [0.15, 0.2) is 0 Å². The maximum Gasteiger partial charge on any atom is 0.139 e. The number of halogens is 1. The van der Waals surface area contributed by atoms with Gasteiger partial charge in [0.1, 0.15) is 5.82 Å². The molecule has 2 heterocycles. The quantitative estimate of drug-likeness (QED) is 0.842. The second-order valence-electron chi connectivity index (χ2n) is 4.01. The van der Waals surface area contributed by atoms with Crippen molar-refractivity contribution in [3.8, 4) is 0 Å². The van der Waals surface area contributed by atoms with Gasteiger partial charge in [0.2, 0.25) is 0 Å². The number of nitrogens with one attached hydrogen (secondary N) is 1. The average Bonchev–Trinajstić information content (AvgIpc) is 2.55. The van der Waals surface area contributed by atoms with Gasteiger partial charge in [-0.25, -0.2) is 0 Å². The van der Waals surface area contributed by atoms with E-state index in [0.29, 0.717) is 0 Å². The van der Waals surface area contributed by atoms with Gasteiger partial charge in [0, 0.05) is 24.6 Å². The van der Waals surface area contributed by atoms with E-state index in [2.05, 4.69) is 50.3 Å². The Balaban J connectivity index is 1.87. The third kappa shape index (κ3) is 1.49. The Hall–Kier alpha value is -1.16. The van der Waals surface area contributed by atoms with Crippen LogP contribution in [0.2, 0.25) is 0 Å². The fourth-order valence-corrected chi connectivity index (χ4v) is 2.45. The maximum atomic E-state index is 3.51. The topological polar surface area (TPSA) is 24.0 Å². The van der Waals surface area contributed by atoms with Crippen LogP contribution in [-0.2, 0) is 20.1 Å². The van der Waals surface area contributed by atoms with Crippen LogP contribution in [0.25, 0.3) is 0 Å². The van der Waals surface area contributed by atoms with Gasteiger partial charge in [0.25, 0.3) is 0 Å². The number of fused-ring (bicyclic) bond motifs is 1. The Morgan fingerprint density at radius 3 is 2.73 bits per heavy atom. The minimum atomic E-state index is 1.00. The van der Waals surface area contributed by atoms with E-state index in [0.717, 1.165) is 17.6 Å². The number of aromatic amines is 1. The van der Waals surface area contributed by atoms with Gasteiger partial charge in [-0.3, -0.25) is 9.78 Å². The summed E-state index contributed by atoms with van der Waals surface area (Å²) in [7, 11) is 2.00. The smallest absolute Gasteiger partial charge is 0.139 e. The highest BCUT2D eigenvalue weighted by atomic mass is 79.9. The summed E-state index contributed by atoms with van der Waals surface area (Å²) in [6, 6.07) is 6.51. The molecule has 0 amide bonds. The van der Waals surface area contributed by atoms with Crippen molar-refractivity contribution in [3.63, 3.8) is 0 Å². The third-order valence-corrected chi connectivity index (χ3v) is 3.33. The number of aryl methyl sites for hydroxylation is 1. The van der Waals surface area contributed by atoms with Gasteiger partial charge < -0.3 is 4.90 Å². The Morgan fingerprint density at radius 1 is 1.27 bits per heavy atom. The van der Waals surface area contributed by atoms with Crippen LogP contribution in [0.3, 0.4) is 0 Å². The largest absolute Gasteiger partial charge is 0.347 e. The van der Waals surface area contributed by atoms with Gasteiger partial charge in [0.05, 0.1) is 6.20 Å². The molecular formula is C11H12BrN3. The van der Waals surface area contributed by atoms with Gasteiger partial charge in [-0.15, -0.1) is 0 Å². The first-order valence-electron chi connectivity index (χ1n) is 4.96. The predicted octanol–water partition coefficient (Wildman–Crippen LogP) is 2.64. The fraction of sp³-hybridized carbons (Fsp3) is 0.273. The summed E-state index contributed by atoms with van der Waals surface area (Å²) in [4.78, 5) is 2.34.